The summed E-state index contributed by atoms with van der Waals surface area (Å²) in [4.78, 5) is 40.7. The van der Waals surface area contributed by atoms with Crippen molar-refractivity contribution in [2.75, 3.05) is 42.3 Å². The van der Waals surface area contributed by atoms with Crippen LogP contribution in [0.1, 0.15) is 35.7 Å². The second-order valence-corrected chi connectivity index (χ2v) is 11.1. The number of aromatic nitrogens is 4. The first-order valence-electron chi connectivity index (χ1n) is 13.7. The van der Waals surface area contributed by atoms with E-state index >= 15 is 0 Å². The number of benzene rings is 1. The van der Waals surface area contributed by atoms with E-state index < -0.39 is 23.1 Å². The molecule has 4 aromatic rings. The minimum atomic E-state index is -4.56. The van der Waals surface area contributed by atoms with Crippen LogP contribution in [0.5, 0.6) is 0 Å². The highest BCUT2D eigenvalue weighted by Crippen LogP contribution is 2.34. The van der Waals surface area contributed by atoms with Gasteiger partial charge in [-0.25, -0.2) is 15.0 Å². The second-order valence-electron chi connectivity index (χ2n) is 11.1. The maximum absolute atomic E-state index is 13.0. The van der Waals surface area contributed by atoms with Gasteiger partial charge in [-0.15, -0.1) is 0 Å². The Morgan fingerprint density at radius 3 is 2.58 bits per heavy atom. The number of halogens is 3. The molecule has 2 amide bonds. The molecule has 2 aliphatic heterocycles. The highest BCUT2D eigenvalue weighted by molar-refractivity contribution is 6.04. The van der Waals surface area contributed by atoms with E-state index in [-0.39, 0.29) is 29.1 Å². The largest absolute Gasteiger partial charge is 0.416 e. The third-order valence-corrected chi connectivity index (χ3v) is 7.74. The molecule has 4 N–H and O–H groups in total. The summed E-state index contributed by atoms with van der Waals surface area (Å²) < 4.78 is 46.2. The lowest BCUT2D eigenvalue weighted by atomic mass is 9.87. The Kier molecular flexibility index (Phi) is 7.16. The lowest BCUT2D eigenvalue weighted by Gasteiger charge is -2.39. The fraction of sp³-hybridized carbons (Fsp3) is 0.345. The second kappa shape index (κ2) is 10.8. The first kappa shape index (κ1) is 28.4. The number of nitrogens with zero attached hydrogens (tertiary/aromatic N) is 5. The van der Waals surface area contributed by atoms with Crippen molar-refractivity contribution in [3.05, 3.63) is 66.1 Å². The quantitative estimate of drug-likeness (QED) is 0.307. The van der Waals surface area contributed by atoms with Crippen molar-refractivity contribution >= 4 is 34.9 Å². The number of fused-ring (bicyclic) bond motifs is 1. The number of nitrogen functional groups attached to an aromatic ring is 1. The zero-order chi connectivity index (χ0) is 30.4. The van der Waals surface area contributed by atoms with E-state index in [0.29, 0.717) is 42.5 Å². The standard InChI is InChI=1S/C29H29F3N8O3/c1-28(15-43-16-28)26(42)36-20-3-2-11-39(14-20)27-38-22(23-24(33)35-10-12-40(23)27)17-4-6-18(7-5-17)25(41)37-21-13-19(8-9-34-21)29(30,31)32/h4-10,12-13,20H,2-3,11,14-16H2,1H3,(H2,33,35)(H,36,42)(H,34,37,41). The van der Waals surface area contributed by atoms with Crippen LogP contribution in [0.3, 0.4) is 0 Å². The molecule has 2 saturated heterocycles. The first-order valence-corrected chi connectivity index (χ1v) is 13.7. The van der Waals surface area contributed by atoms with Gasteiger partial charge in [-0.1, -0.05) is 12.1 Å². The predicted molar refractivity (Wildman–Crippen MR) is 152 cm³/mol. The van der Waals surface area contributed by atoms with Crippen LogP contribution in [0, 0.1) is 5.41 Å². The van der Waals surface area contributed by atoms with E-state index in [4.69, 9.17) is 15.5 Å². The van der Waals surface area contributed by atoms with Gasteiger partial charge in [0.1, 0.15) is 22.8 Å². The van der Waals surface area contributed by atoms with Gasteiger partial charge in [-0.2, -0.15) is 13.2 Å². The molecule has 1 atom stereocenters. The van der Waals surface area contributed by atoms with Crippen molar-refractivity contribution in [2.45, 2.75) is 32.0 Å². The Morgan fingerprint density at radius 2 is 1.88 bits per heavy atom. The smallest absolute Gasteiger partial charge is 0.382 e. The number of nitrogens with one attached hydrogen (secondary N) is 2. The molecule has 0 aliphatic carbocycles. The molecular weight excluding hydrogens is 565 g/mol. The van der Waals surface area contributed by atoms with E-state index in [1.165, 1.54) is 0 Å². The van der Waals surface area contributed by atoms with Crippen molar-refractivity contribution in [3.8, 4) is 11.3 Å². The Balaban J connectivity index is 1.23. The van der Waals surface area contributed by atoms with Gasteiger partial charge in [0.15, 0.2) is 0 Å². The van der Waals surface area contributed by atoms with Crippen LogP contribution in [-0.4, -0.2) is 63.5 Å². The highest BCUT2D eigenvalue weighted by Gasteiger charge is 2.42. The minimum absolute atomic E-state index is 0.0133. The molecule has 1 unspecified atom stereocenters. The summed E-state index contributed by atoms with van der Waals surface area (Å²) in [6.45, 7) is 4.02. The van der Waals surface area contributed by atoms with E-state index in [2.05, 4.69) is 25.5 Å². The molecule has 1 aromatic carbocycles. The Labute approximate surface area is 244 Å². The van der Waals surface area contributed by atoms with Crippen LogP contribution in [-0.2, 0) is 15.7 Å². The molecule has 6 rings (SSSR count). The third-order valence-electron chi connectivity index (χ3n) is 7.74. The lowest BCUT2D eigenvalue weighted by molar-refractivity contribution is -0.158. The average Bonchev–Trinajstić information content (AvgIpc) is 3.37. The van der Waals surface area contributed by atoms with Crippen LogP contribution >= 0.6 is 0 Å². The highest BCUT2D eigenvalue weighted by atomic mass is 19.4. The SMILES string of the molecule is CC1(C(=O)NC2CCCN(c3nc(-c4ccc(C(=O)Nc5cc(C(F)(F)F)ccn5)cc4)c4c(N)nccn34)C2)COC1. The summed E-state index contributed by atoms with van der Waals surface area (Å²) in [5.74, 6) is 0.0834. The normalized spacial score (nSPS) is 18.2. The molecule has 11 nitrogen and oxygen atoms in total. The number of piperidine rings is 1. The number of nitrogens with two attached hydrogens (primary N) is 1. The summed E-state index contributed by atoms with van der Waals surface area (Å²) in [6, 6.07) is 8.03. The van der Waals surface area contributed by atoms with E-state index in [9.17, 15) is 22.8 Å². The number of imidazole rings is 1. The number of amides is 2. The van der Waals surface area contributed by atoms with Crippen molar-refractivity contribution in [3.63, 3.8) is 0 Å². The predicted octanol–water partition coefficient (Wildman–Crippen LogP) is 3.77. The molecule has 2 fully saturated rings. The number of alkyl halides is 3. The first-order chi connectivity index (χ1) is 20.5. The van der Waals surface area contributed by atoms with Crippen LogP contribution in [0.25, 0.3) is 16.8 Å². The van der Waals surface area contributed by atoms with Crippen LogP contribution in [0.15, 0.2) is 55.0 Å². The van der Waals surface area contributed by atoms with Crippen LogP contribution in [0.4, 0.5) is 30.8 Å². The Bertz CT molecular complexity index is 1680. The van der Waals surface area contributed by atoms with E-state index in [1.54, 1.807) is 36.7 Å². The van der Waals surface area contributed by atoms with Crippen LogP contribution in [0.2, 0.25) is 0 Å². The monoisotopic (exact) mass is 594 g/mol. The zero-order valence-electron chi connectivity index (χ0n) is 23.2. The van der Waals surface area contributed by atoms with Gasteiger partial charge in [0, 0.05) is 48.8 Å². The van der Waals surface area contributed by atoms with Crippen LogP contribution < -0.4 is 21.3 Å². The van der Waals surface area contributed by atoms with Crippen molar-refractivity contribution in [2.24, 2.45) is 5.41 Å². The molecule has 43 heavy (non-hydrogen) atoms. The molecule has 0 bridgehead atoms. The maximum atomic E-state index is 13.0. The molecule has 2 aliphatic rings. The van der Waals surface area contributed by atoms with Gasteiger partial charge in [-0.05, 0) is 44.0 Å². The molecule has 0 spiro atoms. The molecule has 0 saturated carbocycles. The number of rotatable bonds is 6. The summed E-state index contributed by atoms with van der Waals surface area (Å²) in [5.41, 5.74) is 6.92. The summed E-state index contributed by atoms with van der Waals surface area (Å²) in [6.07, 6.45) is 1.50. The van der Waals surface area contributed by atoms with Gasteiger partial charge in [-0.3, -0.25) is 14.0 Å². The molecule has 14 heteroatoms. The molecule has 3 aromatic heterocycles. The summed E-state index contributed by atoms with van der Waals surface area (Å²) >= 11 is 0. The Morgan fingerprint density at radius 1 is 1.12 bits per heavy atom. The summed E-state index contributed by atoms with van der Waals surface area (Å²) in [7, 11) is 0. The lowest BCUT2D eigenvalue weighted by Crippen LogP contribution is -2.57. The van der Waals surface area contributed by atoms with Gasteiger partial charge >= 0.3 is 6.18 Å². The van der Waals surface area contributed by atoms with Crippen molar-refractivity contribution in [1.82, 2.24) is 24.7 Å². The fourth-order valence-corrected chi connectivity index (χ4v) is 5.29. The molecular formula is C29H29F3N8O3. The number of ether oxygens (including phenoxy) is 1. The van der Waals surface area contributed by atoms with Gasteiger partial charge in [0.25, 0.3) is 5.91 Å². The third kappa shape index (κ3) is 5.57. The Hall–Kier alpha value is -4.72. The number of carbonyl (C=O) groups is 2. The van der Waals surface area contributed by atoms with E-state index in [0.717, 1.165) is 37.7 Å². The minimum Gasteiger partial charge on any atom is -0.382 e. The maximum Gasteiger partial charge on any atom is 0.416 e. The van der Waals surface area contributed by atoms with Gasteiger partial charge in [0.2, 0.25) is 11.9 Å². The van der Waals surface area contributed by atoms with Gasteiger partial charge < -0.3 is 26.0 Å². The van der Waals surface area contributed by atoms with Crippen molar-refractivity contribution in [1.29, 1.82) is 0 Å². The molecule has 224 valence electrons. The number of hydrogen-bond donors (Lipinski definition) is 3. The molecule has 0 radical (unpaired) electrons. The van der Waals surface area contributed by atoms with E-state index in [1.807, 2.05) is 11.3 Å². The average molecular weight is 595 g/mol. The fourth-order valence-electron chi connectivity index (χ4n) is 5.29. The number of anilines is 3. The molecule has 5 heterocycles. The topological polar surface area (TPSA) is 140 Å². The zero-order valence-corrected chi connectivity index (χ0v) is 23.2. The number of pyridine rings is 1. The van der Waals surface area contributed by atoms with Gasteiger partial charge in [0.05, 0.1) is 24.2 Å². The number of carbonyl (C=O) groups excluding carboxylic acids is 2. The summed E-state index contributed by atoms with van der Waals surface area (Å²) in [5, 5.41) is 5.58. The number of hydrogen-bond acceptors (Lipinski definition) is 8. The van der Waals surface area contributed by atoms with Crippen molar-refractivity contribution < 1.29 is 27.5 Å².